The van der Waals surface area contributed by atoms with Gasteiger partial charge in [-0.25, -0.2) is 9.78 Å². The van der Waals surface area contributed by atoms with Gasteiger partial charge < -0.3 is 14.5 Å². The predicted octanol–water partition coefficient (Wildman–Crippen LogP) is 5.22. The van der Waals surface area contributed by atoms with Gasteiger partial charge in [0.2, 0.25) is 0 Å². The fraction of sp³-hybridized carbons (Fsp3) is 0.346. The number of amides is 2. The molecule has 0 radical (unpaired) electrons. The summed E-state index contributed by atoms with van der Waals surface area (Å²) >= 11 is 1.58. The second kappa shape index (κ2) is 8.43. The average molecular weight is 477 g/mol. The lowest BCUT2D eigenvalue weighted by atomic mass is 10.1. The lowest BCUT2D eigenvalue weighted by molar-refractivity contribution is 0.0141. The van der Waals surface area contributed by atoms with E-state index in [0.29, 0.717) is 31.7 Å². The van der Waals surface area contributed by atoms with Crippen molar-refractivity contribution in [2.75, 3.05) is 26.2 Å². The van der Waals surface area contributed by atoms with Crippen LogP contribution >= 0.6 is 11.3 Å². The number of hydrogen-bond donors (Lipinski definition) is 0. The maximum Gasteiger partial charge on any atom is 0.410 e. The average Bonchev–Trinajstić information content (AvgIpc) is 3.35. The van der Waals surface area contributed by atoms with Crippen molar-refractivity contribution in [3.63, 3.8) is 0 Å². The molecular formula is C26H28N4O3S. The van der Waals surface area contributed by atoms with Gasteiger partial charge in [0.1, 0.15) is 5.60 Å². The molecule has 4 aromatic rings. The van der Waals surface area contributed by atoms with Gasteiger partial charge in [-0.3, -0.25) is 9.20 Å². The molecule has 176 valence electrons. The number of nitrogens with zero attached hydrogens (tertiary/aromatic N) is 4. The summed E-state index contributed by atoms with van der Waals surface area (Å²) in [5, 5.41) is 0. The summed E-state index contributed by atoms with van der Waals surface area (Å²) in [4.78, 5) is 34.6. The number of benzene rings is 2. The number of carbonyl (C=O) groups is 2. The van der Waals surface area contributed by atoms with Gasteiger partial charge in [0, 0.05) is 43.5 Å². The summed E-state index contributed by atoms with van der Waals surface area (Å²) in [5.74, 6) is -0.0165. The largest absolute Gasteiger partial charge is 0.444 e. The highest BCUT2D eigenvalue weighted by Crippen LogP contribution is 2.30. The van der Waals surface area contributed by atoms with E-state index in [1.165, 1.54) is 5.56 Å². The Balaban J connectivity index is 1.32. The predicted molar refractivity (Wildman–Crippen MR) is 134 cm³/mol. The van der Waals surface area contributed by atoms with Crippen LogP contribution in [-0.4, -0.2) is 63.0 Å². The highest BCUT2D eigenvalue weighted by Gasteiger charge is 2.28. The first-order valence-corrected chi connectivity index (χ1v) is 12.3. The van der Waals surface area contributed by atoms with Crippen LogP contribution in [0.25, 0.3) is 26.4 Å². The molecule has 2 aromatic heterocycles. The Bertz CT molecular complexity index is 1390. The van der Waals surface area contributed by atoms with E-state index in [0.717, 1.165) is 26.4 Å². The van der Waals surface area contributed by atoms with E-state index in [9.17, 15) is 9.59 Å². The first-order valence-electron chi connectivity index (χ1n) is 11.4. The number of aromatic nitrogens is 2. The number of carbonyl (C=O) groups excluding carboxylic acids is 2. The summed E-state index contributed by atoms with van der Waals surface area (Å²) in [6.07, 6.45) is 1.73. The number of imidazole rings is 1. The minimum atomic E-state index is -0.527. The molecular weight excluding hydrogens is 448 g/mol. The van der Waals surface area contributed by atoms with E-state index in [1.54, 1.807) is 21.1 Å². The SMILES string of the molecule is Cc1cccc(-c2cn3c(n2)sc2cc(C(=O)N4CCN(C(=O)OC(C)(C)C)CC4)ccc23)c1. The van der Waals surface area contributed by atoms with Crippen molar-refractivity contribution in [1.82, 2.24) is 19.2 Å². The Hall–Kier alpha value is -3.39. The highest BCUT2D eigenvalue weighted by molar-refractivity contribution is 7.23. The van der Waals surface area contributed by atoms with Crippen LogP contribution in [0.5, 0.6) is 0 Å². The third-order valence-corrected chi connectivity index (χ3v) is 6.89. The van der Waals surface area contributed by atoms with Crippen LogP contribution in [-0.2, 0) is 4.74 Å². The van der Waals surface area contributed by atoms with Crippen LogP contribution in [0.1, 0.15) is 36.7 Å². The van der Waals surface area contributed by atoms with Gasteiger partial charge in [-0.15, -0.1) is 0 Å². The number of thiazole rings is 1. The fourth-order valence-corrected chi connectivity index (χ4v) is 5.23. The van der Waals surface area contributed by atoms with E-state index in [4.69, 9.17) is 9.72 Å². The first-order chi connectivity index (χ1) is 16.2. The van der Waals surface area contributed by atoms with Gasteiger partial charge in [-0.1, -0.05) is 35.1 Å². The van der Waals surface area contributed by atoms with E-state index >= 15 is 0 Å². The van der Waals surface area contributed by atoms with Crippen molar-refractivity contribution >= 4 is 38.5 Å². The van der Waals surface area contributed by atoms with Crippen LogP contribution in [0.2, 0.25) is 0 Å². The highest BCUT2D eigenvalue weighted by atomic mass is 32.1. The summed E-state index contributed by atoms with van der Waals surface area (Å²) in [6, 6.07) is 14.1. The zero-order valence-electron chi connectivity index (χ0n) is 19.9. The summed E-state index contributed by atoms with van der Waals surface area (Å²) in [5.41, 5.74) is 4.41. The Kier molecular flexibility index (Phi) is 5.56. The van der Waals surface area contributed by atoms with Crippen LogP contribution in [0.4, 0.5) is 4.79 Å². The molecule has 2 amide bonds. The Labute approximate surface area is 202 Å². The Morgan fingerprint density at radius 2 is 1.74 bits per heavy atom. The maximum absolute atomic E-state index is 13.1. The molecule has 5 rings (SSSR count). The number of piperazine rings is 1. The van der Waals surface area contributed by atoms with Crippen LogP contribution < -0.4 is 0 Å². The van der Waals surface area contributed by atoms with Crippen LogP contribution in [0, 0.1) is 6.92 Å². The second-order valence-corrected chi connectivity index (χ2v) is 10.7. The number of hydrogen-bond acceptors (Lipinski definition) is 5. The van der Waals surface area contributed by atoms with E-state index in [1.807, 2.05) is 45.0 Å². The molecule has 0 N–H and O–H groups in total. The van der Waals surface area contributed by atoms with Gasteiger partial charge in [0.05, 0.1) is 15.9 Å². The summed E-state index contributed by atoms with van der Waals surface area (Å²) in [6.45, 7) is 9.56. The van der Waals surface area contributed by atoms with Crippen molar-refractivity contribution in [2.24, 2.45) is 0 Å². The fourth-order valence-electron chi connectivity index (χ4n) is 4.18. The molecule has 3 heterocycles. The third-order valence-electron chi connectivity index (χ3n) is 5.87. The van der Waals surface area contributed by atoms with Gasteiger partial charge >= 0.3 is 6.09 Å². The lowest BCUT2D eigenvalue weighted by Crippen LogP contribution is -2.51. The number of fused-ring (bicyclic) bond motifs is 3. The van der Waals surface area contributed by atoms with Crippen molar-refractivity contribution in [2.45, 2.75) is 33.3 Å². The quantitative estimate of drug-likeness (QED) is 0.398. The van der Waals surface area contributed by atoms with Gasteiger partial charge in [-0.2, -0.15) is 0 Å². The molecule has 8 heteroatoms. The van der Waals surface area contributed by atoms with Crippen molar-refractivity contribution in [3.05, 3.63) is 59.8 Å². The zero-order valence-corrected chi connectivity index (χ0v) is 20.7. The topological polar surface area (TPSA) is 67.2 Å². The lowest BCUT2D eigenvalue weighted by Gasteiger charge is -2.35. The molecule has 7 nitrogen and oxygen atoms in total. The number of ether oxygens (including phenoxy) is 1. The summed E-state index contributed by atoms with van der Waals surface area (Å²) in [7, 11) is 0. The zero-order chi connectivity index (χ0) is 24.0. The monoisotopic (exact) mass is 476 g/mol. The Morgan fingerprint density at radius 3 is 2.44 bits per heavy atom. The normalized spacial score (nSPS) is 14.7. The molecule has 0 bridgehead atoms. The standard InChI is InChI=1S/C26H28N4O3S/c1-17-6-5-7-18(14-17)20-16-30-21-9-8-19(15-22(21)34-24(30)27-20)23(31)28-10-12-29(13-11-28)25(32)33-26(2,3)4/h5-9,14-16H,10-13H2,1-4H3. The number of rotatable bonds is 2. The molecule has 1 fully saturated rings. The van der Waals surface area contributed by atoms with E-state index in [2.05, 4.69) is 35.7 Å². The smallest absolute Gasteiger partial charge is 0.410 e. The minimum Gasteiger partial charge on any atom is -0.444 e. The molecule has 1 aliphatic rings. The molecule has 34 heavy (non-hydrogen) atoms. The molecule has 0 atom stereocenters. The van der Waals surface area contributed by atoms with Gasteiger partial charge in [0.25, 0.3) is 5.91 Å². The second-order valence-electron chi connectivity index (χ2n) is 9.69. The molecule has 1 saturated heterocycles. The maximum atomic E-state index is 13.1. The van der Waals surface area contributed by atoms with E-state index in [-0.39, 0.29) is 12.0 Å². The molecule has 1 aliphatic heterocycles. The van der Waals surface area contributed by atoms with Crippen LogP contribution in [0.3, 0.4) is 0 Å². The molecule has 0 spiro atoms. The van der Waals surface area contributed by atoms with Gasteiger partial charge in [-0.05, 0) is 52.0 Å². The molecule has 0 aliphatic carbocycles. The first kappa shape index (κ1) is 22.4. The van der Waals surface area contributed by atoms with Crippen LogP contribution in [0.15, 0.2) is 48.7 Å². The summed E-state index contributed by atoms with van der Waals surface area (Å²) < 4.78 is 8.56. The molecule has 2 aromatic carbocycles. The van der Waals surface area contributed by atoms with Crippen molar-refractivity contribution < 1.29 is 14.3 Å². The van der Waals surface area contributed by atoms with E-state index < -0.39 is 5.60 Å². The van der Waals surface area contributed by atoms with Gasteiger partial charge in [0.15, 0.2) is 4.96 Å². The minimum absolute atomic E-state index is 0.0165. The Morgan fingerprint density at radius 1 is 1.00 bits per heavy atom. The number of aryl methyl sites for hydroxylation is 1. The third kappa shape index (κ3) is 4.37. The van der Waals surface area contributed by atoms with Crippen molar-refractivity contribution in [3.8, 4) is 11.3 Å². The van der Waals surface area contributed by atoms with Crippen molar-refractivity contribution in [1.29, 1.82) is 0 Å². The molecule has 0 saturated carbocycles. The molecule has 0 unspecified atom stereocenters.